The molecule has 29 heavy (non-hydrogen) atoms. The summed E-state index contributed by atoms with van der Waals surface area (Å²) in [5.41, 5.74) is -0.286. The topological polar surface area (TPSA) is 103 Å². The van der Waals surface area contributed by atoms with Crippen molar-refractivity contribution in [1.82, 2.24) is 5.32 Å². The Hall–Kier alpha value is -2.32. The van der Waals surface area contributed by atoms with Crippen molar-refractivity contribution >= 4 is 12.1 Å². The van der Waals surface area contributed by atoms with Crippen LogP contribution in [0.2, 0.25) is 0 Å². The quantitative estimate of drug-likeness (QED) is 0.600. The zero-order chi connectivity index (χ0) is 21.3. The van der Waals surface area contributed by atoms with Crippen LogP contribution >= 0.6 is 0 Å². The second kappa shape index (κ2) is 11.0. The van der Waals surface area contributed by atoms with Gasteiger partial charge in [0, 0.05) is 13.0 Å². The molecule has 1 aromatic carbocycles. The maximum absolute atomic E-state index is 11.9. The SMILES string of the molecule is CC(C)(C)OC(=O)NC(C(=O)O)c1ccc(OCCCOC2CCCCO2)cc1. The van der Waals surface area contributed by atoms with Gasteiger partial charge in [0.1, 0.15) is 11.4 Å². The number of carbonyl (C=O) groups excluding carboxylic acids is 1. The Morgan fingerprint density at radius 2 is 1.93 bits per heavy atom. The first-order valence-electron chi connectivity index (χ1n) is 9.93. The Balaban J connectivity index is 1.77. The largest absolute Gasteiger partial charge is 0.494 e. The molecular formula is C21H31NO7. The molecule has 1 amide bonds. The molecule has 2 rings (SSSR count). The Morgan fingerprint density at radius 3 is 2.52 bits per heavy atom. The lowest BCUT2D eigenvalue weighted by Crippen LogP contribution is -2.38. The van der Waals surface area contributed by atoms with Crippen LogP contribution in [0.4, 0.5) is 4.79 Å². The van der Waals surface area contributed by atoms with Gasteiger partial charge in [-0.3, -0.25) is 0 Å². The Bertz CT molecular complexity index is 648. The number of carbonyl (C=O) groups is 2. The summed E-state index contributed by atoms with van der Waals surface area (Å²) in [4.78, 5) is 23.4. The number of hydrogen-bond acceptors (Lipinski definition) is 6. The van der Waals surface area contributed by atoms with E-state index < -0.39 is 23.7 Å². The number of alkyl carbamates (subject to hydrolysis) is 1. The Kier molecular flexibility index (Phi) is 8.72. The van der Waals surface area contributed by atoms with Crippen LogP contribution in [0.3, 0.4) is 0 Å². The van der Waals surface area contributed by atoms with E-state index in [4.69, 9.17) is 18.9 Å². The van der Waals surface area contributed by atoms with Gasteiger partial charge in [0.05, 0.1) is 13.2 Å². The zero-order valence-corrected chi connectivity index (χ0v) is 17.3. The van der Waals surface area contributed by atoms with Crippen molar-refractivity contribution < 1.29 is 33.6 Å². The second-order valence-corrected chi connectivity index (χ2v) is 7.86. The van der Waals surface area contributed by atoms with Crippen LogP contribution in [0.1, 0.15) is 58.1 Å². The third kappa shape index (κ3) is 8.70. The molecule has 2 N–H and O–H groups in total. The van der Waals surface area contributed by atoms with Crippen molar-refractivity contribution in [3.05, 3.63) is 29.8 Å². The number of carboxylic acids is 1. The van der Waals surface area contributed by atoms with Crippen molar-refractivity contribution in [2.24, 2.45) is 0 Å². The minimum Gasteiger partial charge on any atom is -0.494 e. The van der Waals surface area contributed by atoms with E-state index in [0.717, 1.165) is 32.3 Å². The normalized spacial score (nSPS) is 18.0. The van der Waals surface area contributed by atoms with Gasteiger partial charge >= 0.3 is 12.1 Å². The van der Waals surface area contributed by atoms with Crippen molar-refractivity contribution in [3.8, 4) is 5.75 Å². The summed E-state index contributed by atoms with van der Waals surface area (Å²) < 4.78 is 21.9. The molecule has 0 saturated carbocycles. The molecule has 162 valence electrons. The van der Waals surface area contributed by atoms with Gasteiger partial charge in [0.25, 0.3) is 0 Å². The van der Waals surface area contributed by atoms with Crippen molar-refractivity contribution in [2.75, 3.05) is 19.8 Å². The van der Waals surface area contributed by atoms with Crippen LogP contribution < -0.4 is 10.1 Å². The van der Waals surface area contributed by atoms with Gasteiger partial charge in [-0.1, -0.05) is 12.1 Å². The number of ether oxygens (including phenoxy) is 4. The number of amides is 1. The summed E-state index contributed by atoms with van der Waals surface area (Å²) in [6, 6.07) is 5.36. The summed E-state index contributed by atoms with van der Waals surface area (Å²) in [7, 11) is 0. The van der Waals surface area contributed by atoms with Crippen LogP contribution in [-0.2, 0) is 19.0 Å². The number of carboxylic acid groups (broad SMARTS) is 1. The van der Waals surface area contributed by atoms with Crippen LogP contribution in [0.15, 0.2) is 24.3 Å². The molecule has 8 heteroatoms. The molecule has 0 bridgehead atoms. The van der Waals surface area contributed by atoms with Crippen LogP contribution in [0.5, 0.6) is 5.75 Å². The maximum Gasteiger partial charge on any atom is 0.408 e. The summed E-state index contributed by atoms with van der Waals surface area (Å²) in [5.74, 6) is -0.560. The number of aliphatic carboxylic acids is 1. The minimum atomic E-state index is -1.21. The van der Waals surface area contributed by atoms with Crippen molar-refractivity contribution in [1.29, 1.82) is 0 Å². The lowest BCUT2D eigenvalue weighted by molar-refractivity contribution is -0.163. The third-order valence-electron chi connectivity index (χ3n) is 4.12. The molecule has 0 spiro atoms. The van der Waals surface area contributed by atoms with Crippen molar-refractivity contribution in [2.45, 2.75) is 64.4 Å². The van der Waals surface area contributed by atoms with E-state index >= 15 is 0 Å². The first-order chi connectivity index (χ1) is 13.7. The van der Waals surface area contributed by atoms with E-state index in [2.05, 4.69) is 5.32 Å². The number of rotatable bonds is 9. The molecule has 0 aromatic heterocycles. The molecule has 1 heterocycles. The van der Waals surface area contributed by atoms with Gasteiger partial charge in [0.15, 0.2) is 12.3 Å². The lowest BCUT2D eigenvalue weighted by atomic mass is 10.1. The minimum absolute atomic E-state index is 0.103. The molecule has 1 aromatic rings. The van der Waals surface area contributed by atoms with Gasteiger partial charge in [-0.15, -0.1) is 0 Å². The fraction of sp³-hybridized carbons (Fsp3) is 0.619. The number of hydrogen-bond donors (Lipinski definition) is 2. The Labute approximate surface area is 171 Å². The highest BCUT2D eigenvalue weighted by Gasteiger charge is 2.25. The number of nitrogens with one attached hydrogen (secondary N) is 1. The first-order valence-corrected chi connectivity index (χ1v) is 9.93. The Morgan fingerprint density at radius 1 is 1.21 bits per heavy atom. The maximum atomic E-state index is 11.9. The molecule has 0 aliphatic carbocycles. The highest BCUT2D eigenvalue weighted by molar-refractivity contribution is 5.81. The van der Waals surface area contributed by atoms with Crippen LogP contribution in [-0.4, -0.2) is 48.9 Å². The smallest absolute Gasteiger partial charge is 0.408 e. The molecule has 0 radical (unpaired) electrons. The molecule has 1 aliphatic rings. The van der Waals surface area contributed by atoms with Crippen LogP contribution in [0.25, 0.3) is 0 Å². The molecule has 1 saturated heterocycles. The van der Waals surface area contributed by atoms with Crippen LogP contribution in [0, 0.1) is 0 Å². The standard InChI is InChI=1S/C21H31NO7/c1-21(2,3)29-20(25)22-18(19(23)24)15-8-10-16(11-9-15)26-13-6-14-28-17-7-4-5-12-27-17/h8-11,17-18H,4-7,12-14H2,1-3H3,(H,22,25)(H,23,24). The van der Waals surface area contributed by atoms with E-state index in [-0.39, 0.29) is 6.29 Å². The fourth-order valence-corrected chi connectivity index (χ4v) is 2.78. The predicted molar refractivity (Wildman–Crippen MR) is 106 cm³/mol. The van der Waals surface area contributed by atoms with E-state index in [1.165, 1.54) is 0 Å². The zero-order valence-electron chi connectivity index (χ0n) is 17.3. The monoisotopic (exact) mass is 409 g/mol. The van der Waals surface area contributed by atoms with Gasteiger partial charge in [0.2, 0.25) is 0 Å². The van der Waals surface area contributed by atoms with Gasteiger partial charge < -0.3 is 29.4 Å². The average Bonchev–Trinajstić information content (AvgIpc) is 2.66. The molecule has 8 nitrogen and oxygen atoms in total. The first kappa shape index (κ1) is 23.0. The van der Waals surface area contributed by atoms with E-state index in [1.54, 1.807) is 45.0 Å². The summed E-state index contributed by atoms with van der Waals surface area (Å²) in [6.07, 6.45) is 2.99. The highest BCUT2D eigenvalue weighted by atomic mass is 16.7. The summed E-state index contributed by atoms with van der Waals surface area (Å²) in [5, 5.41) is 11.8. The second-order valence-electron chi connectivity index (χ2n) is 7.86. The van der Waals surface area contributed by atoms with Crippen molar-refractivity contribution in [3.63, 3.8) is 0 Å². The molecule has 1 aliphatic heterocycles. The fourth-order valence-electron chi connectivity index (χ4n) is 2.78. The van der Waals surface area contributed by atoms with E-state index in [0.29, 0.717) is 24.5 Å². The van der Waals surface area contributed by atoms with Gasteiger partial charge in [-0.05, 0) is 57.7 Å². The third-order valence-corrected chi connectivity index (χ3v) is 4.12. The molecule has 1 fully saturated rings. The summed E-state index contributed by atoms with van der Waals surface area (Å²) in [6.45, 7) is 6.92. The number of benzene rings is 1. The van der Waals surface area contributed by atoms with E-state index in [1.807, 2.05) is 0 Å². The van der Waals surface area contributed by atoms with Gasteiger partial charge in [-0.25, -0.2) is 9.59 Å². The van der Waals surface area contributed by atoms with E-state index in [9.17, 15) is 14.7 Å². The predicted octanol–water partition coefficient (Wildman–Crippen LogP) is 3.65. The average molecular weight is 409 g/mol. The molecule has 2 atom stereocenters. The molecular weight excluding hydrogens is 378 g/mol. The van der Waals surface area contributed by atoms with Gasteiger partial charge in [-0.2, -0.15) is 0 Å². The lowest BCUT2D eigenvalue weighted by Gasteiger charge is -2.22. The summed E-state index contributed by atoms with van der Waals surface area (Å²) >= 11 is 0. The molecule has 2 unspecified atom stereocenters. The highest BCUT2D eigenvalue weighted by Crippen LogP contribution is 2.20.